The van der Waals surface area contributed by atoms with Gasteiger partial charge >= 0.3 is 0 Å². The Hall–Kier alpha value is -1.72. The fourth-order valence-corrected chi connectivity index (χ4v) is 4.29. The lowest BCUT2D eigenvalue weighted by atomic mass is 10.1. The first kappa shape index (κ1) is 14.8. The van der Waals surface area contributed by atoms with Crippen LogP contribution in [-0.4, -0.2) is 6.61 Å². The Morgan fingerprint density at radius 2 is 2.00 bits per heavy atom. The molecule has 0 atom stereocenters. The van der Waals surface area contributed by atoms with Crippen LogP contribution >= 0.6 is 27.3 Å². The molecule has 1 aromatic heterocycles. The van der Waals surface area contributed by atoms with Crippen LogP contribution in [0.1, 0.15) is 5.56 Å². The van der Waals surface area contributed by atoms with Gasteiger partial charge in [-0.2, -0.15) is 0 Å². The van der Waals surface area contributed by atoms with Crippen LogP contribution < -0.4 is 4.74 Å². The molecule has 0 amide bonds. The highest BCUT2D eigenvalue weighted by Crippen LogP contribution is 2.45. The van der Waals surface area contributed by atoms with Gasteiger partial charge in [-0.05, 0) is 35.9 Å². The van der Waals surface area contributed by atoms with E-state index in [1.165, 1.54) is 17.4 Å². The van der Waals surface area contributed by atoms with Crippen molar-refractivity contribution >= 4 is 27.3 Å². The Morgan fingerprint density at radius 1 is 1.13 bits per heavy atom. The van der Waals surface area contributed by atoms with E-state index in [0.717, 1.165) is 43.6 Å². The highest BCUT2D eigenvalue weighted by molar-refractivity contribution is 9.10. The molecule has 5 heteroatoms. The fourth-order valence-electron chi connectivity index (χ4n) is 2.68. The van der Waals surface area contributed by atoms with Gasteiger partial charge in [0.05, 0.1) is 6.61 Å². The second-order valence-corrected chi connectivity index (χ2v) is 7.21. The molecule has 0 N–H and O–H groups in total. The molecule has 23 heavy (non-hydrogen) atoms. The van der Waals surface area contributed by atoms with Crippen molar-refractivity contribution in [2.24, 2.45) is 0 Å². The van der Waals surface area contributed by atoms with E-state index in [-0.39, 0.29) is 0 Å². The predicted octanol–water partition coefficient (Wildman–Crippen LogP) is 5.86. The molecule has 1 aliphatic heterocycles. The van der Waals surface area contributed by atoms with E-state index in [1.807, 2.05) is 24.3 Å². The molecule has 3 aromatic rings. The van der Waals surface area contributed by atoms with Gasteiger partial charge in [0.15, 0.2) is 0 Å². The van der Waals surface area contributed by atoms with Crippen LogP contribution in [-0.2, 0) is 6.42 Å². The van der Waals surface area contributed by atoms with E-state index < -0.39 is 11.6 Å². The van der Waals surface area contributed by atoms with Gasteiger partial charge in [0, 0.05) is 43.9 Å². The summed E-state index contributed by atoms with van der Waals surface area (Å²) < 4.78 is 33.9. The first-order chi connectivity index (χ1) is 11.1. The third kappa shape index (κ3) is 2.68. The summed E-state index contributed by atoms with van der Waals surface area (Å²) in [7, 11) is 0. The summed E-state index contributed by atoms with van der Waals surface area (Å²) in [5.41, 5.74) is 2.49. The van der Waals surface area contributed by atoms with Crippen LogP contribution in [0.5, 0.6) is 5.75 Å². The molecule has 0 bridgehead atoms. The predicted molar refractivity (Wildman–Crippen MR) is 90.8 cm³/mol. The molecule has 1 nitrogen and oxygen atoms in total. The van der Waals surface area contributed by atoms with Crippen molar-refractivity contribution in [2.75, 3.05) is 6.61 Å². The van der Waals surface area contributed by atoms with Gasteiger partial charge in [-0.1, -0.05) is 15.9 Å². The van der Waals surface area contributed by atoms with Crippen LogP contribution in [0.2, 0.25) is 0 Å². The van der Waals surface area contributed by atoms with Crippen molar-refractivity contribution in [1.82, 2.24) is 0 Å². The Balaban J connectivity index is 1.89. The van der Waals surface area contributed by atoms with Crippen LogP contribution in [0.4, 0.5) is 8.78 Å². The largest absolute Gasteiger partial charge is 0.493 e. The van der Waals surface area contributed by atoms with Crippen molar-refractivity contribution in [1.29, 1.82) is 0 Å². The fraction of sp³-hybridized carbons (Fsp3) is 0.111. The Bertz CT molecular complexity index is 904. The zero-order chi connectivity index (χ0) is 16.0. The van der Waals surface area contributed by atoms with Gasteiger partial charge in [-0.3, -0.25) is 0 Å². The number of thiophene rings is 1. The molecule has 2 aromatic carbocycles. The second-order valence-electron chi connectivity index (χ2n) is 5.25. The van der Waals surface area contributed by atoms with E-state index in [9.17, 15) is 8.78 Å². The van der Waals surface area contributed by atoms with Crippen molar-refractivity contribution < 1.29 is 13.5 Å². The molecule has 1 aliphatic rings. The molecule has 0 unspecified atom stereocenters. The maximum absolute atomic E-state index is 14.1. The maximum atomic E-state index is 14.1. The first-order valence-corrected chi connectivity index (χ1v) is 8.65. The highest BCUT2D eigenvalue weighted by atomic mass is 79.9. The Labute approximate surface area is 144 Å². The molecule has 0 saturated heterocycles. The zero-order valence-electron chi connectivity index (χ0n) is 11.8. The monoisotopic (exact) mass is 391 g/mol. The van der Waals surface area contributed by atoms with Gasteiger partial charge in [0.2, 0.25) is 0 Å². The summed E-state index contributed by atoms with van der Waals surface area (Å²) >= 11 is 4.97. The van der Waals surface area contributed by atoms with Crippen LogP contribution in [0.25, 0.3) is 20.9 Å². The summed E-state index contributed by atoms with van der Waals surface area (Å²) in [6.07, 6.45) is 0.755. The van der Waals surface area contributed by atoms with Crippen molar-refractivity contribution in [3.8, 4) is 26.6 Å². The maximum Gasteiger partial charge on any atom is 0.134 e. The summed E-state index contributed by atoms with van der Waals surface area (Å²) in [5.74, 6) is -0.429. The molecule has 0 spiro atoms. The topological polar surface area (TPSA) is 9.23 Å². The number of rotatable bonds is 1. The summed E-state index contributed by atoms with van der Waals surface area (Å²) in [6.45, 7) is 0.579. The summed E-state index contributed by atoms with van der Waals surface area (Å²) in [4.78, 5) is 1.84. The quantitative estimate of drug-likeness (QED) is 0.504. The molecular weight excluding hydrogens is 382 g/mol. The minimum atomic E-state index is -0.688. The first-order valence-electron chi connectivity index (χ1n) is 7.04. The average Bonchev–Trinajstić information content (AvgIpc) is 2.85. The molecule has 1 radical (unpaired) electrons. The lowest BCUT2D eigenvalue weighted by molar-refractivity contribution is 0.326. The molecule has 0 saturated carbocycles. The number of hydrogen-bond acceptors (Lipinski definition) is 2. The number of fused-ring (bicyclic) bond motifs is 3. The van der Waals surface area contributed by atoms with Gasteiger partial charge in [0.25, 0.3) is 0 Å². The van der Waals surface area contributed by atoms with Crippen LogP contribution in [0, 0.1) is 17.7 Å². The molecule has 0 fully saturated rings. The summed E-state index contributed by atoms with van der Waals surface area (Å²) in [6, 6.07) is 12.5. The van der Waals surface area contributed by atoms with Crippen LogP contribution in [0.15, 0.2) is 40.9 Å². The lowest BCUT2D eigenvalue weighted by Crippen LogP contribution is -1.98. The van der Waals surface area contributed by atoms with E-state index in [1.54, 1.807) is 0 Å². The highest BCUT2D eigenvalue weighted by Gasteiger charge is 2.20. The Morgan fingerprint density at radius 3 is 2.83 bits per heavy atom. The van der Waals surface area contributed by atoms with E-state index in [0.29, 0.717) is 12.2 Å². The molecule has 115 valence electrons. The van der Waals surface area contributed by atoms with Crippen LogP contribution in [0.3, 0.4) is 0 Å². The van der Waals surface area contributed by atoms with Gasteiger partial charge in [-0.25, -0.2) is 8.78 Å². The van der Waals surface area contributed by atoms with Crippen molar-refractivity contribution in [2.45, 2.75) is 6.42 Å². The van der Waals surface area contributed by atoms with Crippen molar-refractivity contribution in [3.05, 3.63) is 64.1 Å². The van der Waals surface area contributed by atoms with Crippen molar-refractivity contribution in [3.63, 3.8) is 0 Å². The minimum Gasteiger partial charge on any atom is -0.493 e. The Kier molecular flexibility index (Phi) is 3.70. The second kappa shape index (κ2) is 5.73. The molecule has 4 rings (SSSR count). The normalized spacial score (nSPS) is 13.0. The average molecular weight is 392 g/mol. The standard InChI is InChI=1S/C18H10BrF2OS/c19-11-1-4-16-14(8-11)18-10(5-6-22-16)7-17(23-18)13-3-2-12(20)9-15(13)21/h1,3-4,7-9H,5-6H2. The SMILES string of the molecule is Fc1[c]cc(-c2cc3c(s2)-c2cc(Br)ccc2OCC3)c(F)c1. The molecule has 2 heterocycles. The molecular formula is C18H10BrF2OS. The summed E-state index contributed by atoms with van der Waals surface area (Å²) in [5, 5.41) is 0. The third-order valence-electron chi connectivity index (χ3n) is 3.75. The van der Waals surface area contributed by atoms with Gasteiger partial charge < -0.3 is 4.74 Å². The smallest absolute Gasteiger partial charge is 0.134 e. The lowest BCUT2D eigenvalue weighted by Gasteiger charge is -2.07. The number of benzene rings is 2. The number of halogens is 3. The molecule has 0 aliphatic carbocycles. The minimum absolute atomic E-state index is 0.377. The number of ether oxygens (including phenoxy) is 1. The van der Waals surface area contributed by atoms with Gasteiger partial charge in [-0.15, -0.1) is 11.3 Å². The van der Waals surface area contributed by atoms with E-state index in [2.05, 4.69) is 22.0 Å². The van der Waals surface area contributed by atoms with E-state index in [4.69, 9.17) is 4.74 Å². The zero-order valence-corrected chi connectivity index (χ0v) is 14.2. The van der Waals surface area contributed by atoms with Gasteiger partial charge in [0.1, 0.15) is 17.4 Å². The van der Waals surface area contributed by atoms with E-state index >= 15 is 0 Å². The number of hydrogen-bond donors (Lipinski definition) is 0. The third-order valence-corrected chi connectivity index (χ3v) is 5.49.